The van der Waals surface area contributed by atoms with E-state index in [-0.39, 0.29) is 11.9 Å². The molecule has 1 amide bonds. The zero-order chi connectivity index (χ0) is 12.0. The second-order valence-corrected chi connectivity index (χ2v) is 4.94. The number of rotatable bonds is 5. The van der Waals surface area contributed by atoms with Crippen molar-refractivity contribution in [3.63, 3.8) is 0 Å². The summed E-state index contributed by atoms with van der Waals surface area (Å²) in [7, 11) is 0. The Morgan fingerprint density at radius 1 is 1.25 bits per heavy atom. The van der Waals surface area contributed by atoms with Gasteiger partial charge in [-0.15, -0.1) is 0 Å². The fourth-order valence-corrected chi connectivity index (χ4v) is 2.56. The number of amides is 1. The van der Waals surface area contributed by atoms with Gasteiger partial charge in [-0.25, -0.2) is 0 Å². The van der Waals surface area contributed by atoms with E-state index in [2.05, 4.69) is 12.2 Å². The minimum atomic E-state index is -0.336. The summed E-state index contributed by atoms with van der Waals surface area (Å²) in [6, 6.07) is 0.00282. The molecule has 3 N–H and O–H groups in total. The Morgan fingerprint density at radius 3 is 2.38 bits per heavy atom. The topological polar surface area (TPSA) is 55.1 Å². The van der Waals surface area contributed by atoms with Crippen molar-refractivity contribution in [2.75, 3.05) is 0 Å². The van der Waals surface area contributed by atoms with Crippen LogP contribution in [0.1, 0.15) is 58.8 Å². The molecule has 0 aromatic rings. The zero-order valence-electron chi connectivity index (χ0n) is 10.7. The molecule has 1 unspecified atom stereocenters. The van der Waals surface area contributed by atoms with Crippen molar-refractivity contribution in [2.45, 2.75) is 70.9 Å². The molecule has 1 rings (SSSR count). The highest BCUT2D eigenvalue weighted by atomic mass is 16.2. The number of nitrogens with one attached hydrogen (secondary N) is 1. The lowest BCUT2D eigenvalue weighted by Gasteiger charge is -2.31. The van der Waals surface area contributed by atoms with Crippen LogP contribution in [0.5, 0.6) is 0 Å². The molecule has 0 radical (unpaired) electrons. The van der Waals surface area contributed by atoms with E-state index in [0.29, 0.717) is 18.4 Å². The first-order chi connectivity index (χ1) is 7.69. The van der Waals surface area contributed by atoms with Crippen LogP contribution >= 0.6 is 0 Å². The van der Waals surface area contributed by atoms with Crippen molar-refractivity contribution in [1.82, 2.24) is 5.32 Å². The summed E-state index contributed by atoms with van der Waals surface area (Å²) in [5, 5.41) is 3.12. The number of hydrogen-bond donors (Lipinski definition) is 2. The third kappa shape index (κ3) is 3.78. The Balaban J connectivity index is 2.44. The molecule has 0 aliphatic heterocycles. The third-order valence-electron chi connectivity index (χ3n) is 3.76. The maximum absolute atomic E-state index is 11.7. The average Bonchev–Trinajstić information content (AvgIpc) is 2.35. The van der Waals surface area contributed by atoms with E-state index < -0.39 is 0 Å². The van der Waals surface area contributed by atoms with E-state index in [1.54, 1.807) is 0 Å². The molecule has 1 aliphatic rings. The monoisotopic (exact) mass is 226 g/mol. The molecule has 1 aliphatic carbocycles. The molecule has 3 heteroatoms. The van der Waals surface area contributed by atoms with E-state index >= 15 is 0 Å². The highest BCUT2D eigenvalue weighted by molar-refractivity contribution is 5.81. The van der Waals surface area contributed by atoms with Gasteiger partial charge in [0, 0.05) is 6.04 Å². The quantitative estimate of drug-likeness (QED) is 0.755. The van der Waals surface area contributed by atoms with Gasteiger partial charge in [0.1, 0.15) is 0 Å². The van der Waals surface area contributed by atoms with Crippen LogP contribution in [0.25, 0.3) is 0 Å². The summed E-state index contributed by atoms with van der Waals surface area (Å²) in [5.41, 5.74) is 5.74. The number of hydrogen-bond acceptors (Lipinski definition) is 2. The molecule has 0 spiro atoms. The molecule has 0 saturated heterocycles. The highest BCUT2D eigenvalue weighted by Gasteiger charge is 2.24. The smallest absolute Gasteiger partial charge is 0.237 e. The van der Waals surface area contributed by atoms with Gasteiger partial charge in [0.05, 0.1) is 6.04 Å². The summed E-state index contributed by atoms with van der Waals surface area (Å²) in [4.78, 5) is 11.7. The first kappa shape index (κ1) is 13.5. The van der Waals surface area contributed by atoms with Crippen molar-refractivity contribution in [1.29, 1.82) is 0 Å². The number of carbonyl (C=O) groups excluding carboxylic acids is 1. The largest absolute Gasteiger partial charge is 0.352 e. The Kier molecular flexibility index (Phi) is 5.81. The second-order valence-electron chi connectivity index (χ2n) is 4.94. The Bertz CT molecular complexity index is 212. The number of carbonyl (C=O) groups is 1. The van der Waals surface area contributed by atoms with Crippen molar-refractivity contribution in [2.24, 2.45) is 11.7 Å². The predicted molar refractivity (Wildman–Crippen MR) is 67.1 cm³/mol. The van der Waals surface area contributed by atoms with Crippen LogP contribution in [-0.2, 0) is 4.79 Å². The normalized spacial score (nSPS) is 21.4. The van der Waals surface area contributed by atoms with Crippen molar-refractivity contribution < 1.29 is 4.79 Å². The molecule has 1 saturated carbocycles. The average molecular weight is 226 g/mol. The molecular weight excluding hydrogens is 200 g/mol. The summed E-state index contributed by atoms with van der Waals surface area (Å²) in [5.74, 6) is 0.701. The van der Waals surface area contributed by atoms with Crippen LogP contribution < -0.4 is 11.1 Å². The van der Waals surface area contributed by atoms with Crippen molar-refractivity contribution in [3.8, 4) is 0 Å². The van der Waals surface area contributed by atoms with Crippen molar-refractivity contribution in [3.05, 3.63) is 0 Å². The van der Waals surface area contributed by atoms with E-state index in [4.69, 9.17) is 5.73 Å². The maximum Gasteiger partial charge on any atom is 0.237 e. The maximum atomic E-state index is 11.7. The fraction of sp³-hybridized carbons (Fsp3) is 0.923. The molecule has 0 aromatic heterocycles. The lowest BCUT2D eigenvalue weighted by molar-refractivity contribution is -0.123. The SMILES string of the molecule is CCC(NC(=O)[C@@H](N)CC)C1CCCCC1. The van der Waals surface area contributed by atoms with E-state index in [9.17, 15) is 4.79 Å². The summed E-state index contributed by atoms with van der Waals surface area (Å²) < 4.78 is 0. The van der Waals surface area contributed by atoms with E-state index in [0.717, 1.165) is 6.42 Å². The molecular formula is C13H26N2O. The zero-order valence-corrected chi connectivity index (χ0v) is 10.7. The van der Waals surface area contributed by atoms with Gasteiger partial charge in [0.2, 0.25) is 5.91 Å². The molecule has 0 bridgehead atoms. The molecule has 94 valence electrons. The lowest BCUT2D eigenvalue weighted by Crippen LogP contribution is -2.47. The summed E-state index contributed by atoms with van der Waals surface area (Å²) in [6.45, 7) is 4.10. The number of nitrogens with two attached hydrogens (primary N) is 1. The van der Waals surface area contributed by atoms with Gasteiger partial charge in [-0.2, -0.15) is 0 Å². The molecule has 0 aromatic carbocycles. The third-order valence-corrected chi connectivity index (χ3v) is 3.76. The van der Waals surface area contributed by atoms with Gasteiger partial charge >= 0.3 is 0 Å². The summed E-state index contributed by atoms with van der Waals surface area (Å²) in [6.07, 6.45) is 8.25. The second kappa shape index (κ2) is 6.89. The molecule has 1 fully saturated rings. The van der Waals surface area contributed by atoms with Crippen molar-refractivity contribution >= 4 is 5.91 Å². The van der Waals surface area contributed by atoms with Crippen LogP contribution in [-0.4, -0.2) is 18.0 Å². The predicted octanol–water partition coefficient (Wildman–Crippen LogP) is 2.20. The van der Waals surface area contributed by atoms with Gasteiger partial charge in [0.15, 0.2) is 0 Å². The lowest BCUT2D eigenvalue weighted by atomic mass is 9.83. The molecule has 3 nitrogen and oxygen atoms in total. The Labute approximate surface area is 99.2 Å². The minimum Gasteiger partial charge on any atom is -0.352 e. The van der Waals surface area contributed by atoms with Gasteiger partial charge in [0.25, 0.3) is 0 Å². The van der Waals surface area contributed by atoms with Gasteiger partial charge in [-0.1, -0.05) is 33.1 Å². The van der Waals surface area contributed by atoms with Gasteiger partial charge in [-0.05, 0) is 31.6 Å². The highest BCUT2D eigenvalue weighted by Crippen LogP contribution is 2.27. The van der Waals surface area contributed by atoms with Crippen LogP contribution in [0.2, 0.25) is 0 Å². The molecule has 0 heterocycles. The summed E-state index contributed by atoms with van der Waals surface area (Å²) >= 11 is 0. The Morgan fingerprint density at radius 2 is 1.88 bits per heavy atom. The molecule has 2 atom stereocenters. The van der Waals surface area contributed by atoms with Crippen LogP contribution in [0, 0.1) is 5.92 Å². The van der Waals surface area contributed by atoms with Crippen LogP contribution in [0.15, 0.2) is 0 Å². The first-order valence-corrected chi connectivity index (χ1v) is 6.75. The van der Waals surface area contributed by atoms with Crippen LogP contribution in [0.3, 0.4) is 0 Å². The fourth-order valence-electron chi connectivity index (χ4n) is 2.56. The van der Waals surface area contributed by atoms with Gasteiger partial charge in [-0.3, -0.25) is 4.79 Å². The van der Waals surface area contributed by atoms with Gasteiger partial charge < -0.3 is 11.1 Å². The van der Waals surface area contributed by atoms with E-state index in [1.165, 1.54) is 32.1 Å². The van der Waals surface area contributed by atoms with E-state index in [1.807, 2.05) is 6.92 Å². The Hall–Kier alpha value is -0.570. The van der Waals surface area contributed by atoms with Crippen LogP contribution in [0.4, 0.5) is 0 Å². The standard InChI is InChI=1S/C13H26N2O/c1-3-11(14)13(16)15-12(4-2)10-8-6-5-7-9-10/h10-12H,3-9,14H2,1-2H3,(H,15,16)/t11-,12?/m0/s1. The molecule has 16 heavy (non-hydrogen) atoms. The minimum absolute atomic E-state index is 0.0277. The first-order valence-electron chi connectivity index (χ1n) is 6.75.